The Morgan fingerprint density at radius 1 is 1.20 bits per heavy atom. The molecule has 0 saturated heterocycles. The number of carbonyl (C=O) groups is 2. The molecule has 1 aromatic rings. The van der Waals surface area contributed by atoms with E-state index in [0.717, 1.165) is 5.56 Å². The van der Waals surface area contributed by atoms with Gasteiger partial charge in [-0.3, -0.25) is 4.79 Å². The van der Waals surface area contributed by atoms with Crippen LogP contribution >= 0.6 is 0 Å². The summed E-state index contributed by atoms with van der Waals surface area (Å²) in [5, 5.41) is 2.64. The smallest absolute Gasteiger partial charge is 0.407 e. The Balaban J connectivity index is 2.78. The summed E-state index contributed by atoms with van der Waals surface area (Å²) in [7, 11) is 1.28. The van der Waals surface area contributed by atoms with Gasteiger partial charge in [0.25, 0.3) is 0 Å². The summed E-state index contributed by atoms with van der Waals surface area (Å²) in [5.41, 5.74) is 0.271. The molecule has 1 amide bonds. The first-order valence-corrected chi connectivity index (χ1v) is 6.43. The number of nitrogens with one attached hydrogen (secondary N) is 1. The fraction of sp³-hybridized carbons (Fsp3) is 0.467. The van der Waals surface area contributed by atoms with Crippen LogP contribution in [0.5, 0.6) is 0 Å². The van der Waals surface area contributed by atoms with Crippen molar-refractivity contribution in [2.24, 2.45) is 0 Å². The van der Waals surface area contributed by atoms with Gasteiger partial charge in [-0.25, -0.2) is 4.79 Å². The van der Waals surface area contributed by atoms with Crippen LogP contribution in [-0.4, -0.2) is 24.8 Å². The second-order valence-corrected chi connectivity index (χ2v) is 5.39. The molecular formula is C15H21NO4. The Hall–Kier alpha value is -2.04. The van der Waals surface area contributed by atoms with Gasteiger partial charge >= 0.3 is 12.1 Å². The zero-order chi connectivity index (χ0) is 15.2. The number of methoxy groups -OCH3 is 1. The average molecular weight is 279 g/mol. The van der Waals surface area contributed by atoms with Gasteiger partial charge in [-0.15, -0.1) is 0 Å². The molecule has 0 fully saturated rings. The molecule has 0 saturated carbocycles. The molecule has 1 rings (SSSR count). The predicted octanol–water partition coefficient (Wildman–Crippen LogP) is 2.82. The van der Waals surface area contributed by atoms with Crippen LogP contribution in [0.4, 0.5) is 4.79 Å². The highest BCUT2D eigenvalue weighted by Crippen LogP contribution is 2.19. The number of alkyl carbamates (subject to hydrolysis) is 1. The summed E-state index contributed by atoms with van der Waals surface area (Å²) in [4.78, 5) is 23.3. The first kappa shape index (κ1) is 16.0. The van der Waals surface area contributed by atoms with Crippen LogP contribution in [0.2, 0.25) is 0 Å². The van der Waals surface area contributed by atoms with E-state index >= 15 is 0 Å². The second-order valence-electron chi connectivity index (χ2n) is 5.39. The molecule has 0 heterocycles. The van der Waals surface area contributed by atoms with Crippen LogP contribution in [0, 0.1) is 0 Å². The van der Waals surface area contributed by atoms with E-state index in [1.54, 1.807) is 20.8 Å². The second kappa shape index (κ2) is 6.93. The van der Waals surface area contributed by atoms with Gasteiger partial charge in [-0.05, 0) is 26.3 Å². The number of hydrogen-bond donors (Lipinski definition) is 1. The van der Waals surface area contributed by atoms with Gasteiger partial charge in [0, 0.05) is 0 Å². The summed E-state index contributed by atoms with van der Waals surface area (Å²) in [6.45, 7) is 5.41. The lowest BCUT2D eigenvalue weighted by Crippen LogP contribution is -2.32. The van der Waals surface area contributed by atoms with Gasteiger partial charge in [0.05, 0.1) is 19.6 Å². The Kier molecular flexibility index (Phi) is 5.55. The lowest BCUT2D eigenvalue weighted by Gasteiger charge is -2.22. The summed E-state index contributed by atoms with van der Waals surface area (Å²) in [6, 6.07) is 8.76. The maximum atomic E-state index is 11.9. The molecule has 1 atom stereocenters. The Labute approximate surface area is 119 Å². The van der Waals surface area contributed by atoms with E-state index in [-0.39, 0.29) is 12.4 Å². The van der Waals surface area contributed by atoms with E-state index < -0.39 is 17.7 Å². The van der Waals surface area contributed by atoms with Crippen molar-refractivity contribution in [3.63, 3.8) is 0 Å². The number of carbonyl (C=O) groups excluding carboxylic acids is 2. The molecule has 0 spiro atoms. The quantitative estimate of drug-likeness (QED) is 0.861. The zero-order valence-corrected chi connectivity index (χ0v) is 12.3. The first-order valence-electron chi connectivity index (χ1n) is 6.43. The van der Waals surface area contributed by atoms with E-state index in [0.29, 0.717) is 0 Å². The Bertz CT molecular complexity index is 451. The van der Waals surface area contributed by atoms with E-state index in [1.807, 2.05) is 30.3 Å². The van der Waals surface area contributed by atoms with E-state index in [2.05, 4.69) is 10.1 Å². The molecule has 110 valence electrons. The molecule has 0 bridgehead atoms. The van der Waals surface area contributed by atoms with Crippen molar-refractivity contribution in [1.82, 2.24) is 5.32 Å². The van der Waals surface area contributed by atoms with Crippen molar-refractivity contribution in [1.29, 1.82) is 0 Å². The third-order valence-electron chi connectivity index (χ3n) is 2.47. The minimum atomic E-state index is -0.581. The van der Waals surface area contributed by atoms with E-state index in [9.17, 15) is 9.59 Å². The van der Waals surface area contributed by atoms with Crippen LogP contribution in [0.1, 0.15) is 38.8 Å². The monoisotopic (exact) mass is 279 g/mol. The van der Waals surface area contributed by atoms with Crippen LogP contribution in [0.15, 0.2) is 30.3 Å². The highest BCUT2D eigenvalue weighted by atomic mass is 16.6. The van der Waals surface area contributed by atoms with Crippen LogP contribution in [-0.2, 0) is 14.3 Å². The fourth-order valence-corrected chi connectivity index (χ4v) is 1.69. The number of rotatable bonds is 4. The minimum Gasteiger partial charge on any atom is -0.460 e. The lowest BCUT2D eigenvalue weighted by molar-refractivity contribution is -0.155. The summed E-state index contributed by atoms with van der Waals surface area (Å²) >= 11 is 0. The van der Waals surface area contributed by atoms with Crippen LogP contribution in [0.3, 0.4) is 0 Å². The number of ether oxygens (including phenoxy) is 2. The fourth-order valence-electron chi connectivity index (χ4n) is 1.69. The van der Waals surface area contributed by atoms with Crippen LogP contribution in [0.25, 0.3) is 0 Å². The van der Waals surface area contributed by atoms with E-state index in [4.69, 9.17) is 4.74 Å². The molecule has 0 aliphatic rings. The van der Waals surface area contributed by atoms with Gasteiger partial charge in [0.2, 0.25) is 0 Å². The van der Waals surface area contributed by atoms with Crippen LogP contribution < -0.4 is 5.32 Å². The summed E-state index contributed by atoms with van der Waals surface area (Å²) in [5.74, 6) is -0.372. The SMILES string of the molecule is COC(=O)N[C@H](CC(=O)OC(C)(C)C)c1ccccc1. The highest BCUT2D eigenvalue weighted by Gasteiger charge is 2.23. The summed E-state index contributed by atoms with van der Waals surface area (Å²) < 4.78 is 9.86. The lowest BCUT2D eigenvalue weighted by atomic mass is 10.0. The molecule has 1 aromatic carbocycles. The normalized spacial score (nSPS) is 12.4. The van der Waals surface area contributed by atoms with Crippen molar-refractivity contribution in [3.8, 4) is 0 Å². The van der Waals surface area contributed by atoms with Gasteiger partial charge in [0.15, 0.2) is 0 Å². The van der Waals surface area contributed by atoms with Crippen molar-refractivity contribution >= 4 is 12.1 Å². The predicted molar refractivity (Wildman–Crippen MR) is 75.2 cm³/mol. The van der Waals surface area contributed by atoms with Gasteiger partial charge < -0.3 is 14.8 Å². The van der Waals surface area contributed by atoms with E-state index in [1.165, 1.54) is 7.11 Å². The standard InChI is InChI=1S/C15H21NO4/c1-15(2,3)20-13(17)10-12(16-14(18)19-4)11-8-6-5-7-9-11/h5-9,12H,10H2,1-4H3,(H,16,18)/t12-/m1/s1. The largest absolute Gasteiger partial charge is 0.460 e. The molecule has 20 heavy (non-hydrogen) atoms. The third kappa shape index (κ3) is 5.73. The van der Waals surface area contributed by atoms with Gasteiger partial charge in [0.1, 0.15) is 5.60 Å². The first-order chi connectivity index (χ1) is 9.31. The Morgan fingerprint density at radius 2 is 1.80 bits per heavy atom. The number of hydrogen-bond acceptors (Lipinski definition) is 4. The molecule has 0 aromatic heterocycles. The average Bonchev–Trinajstić information content (AvgIpc) is 2.36. The van der Waals surface area contributed by atoms with Crippen molar-refractivity contribution in [2.45, 2.75) is 38.8 Å². The molecule has 1 N–H and O–H groups in total. The molecule has 0 aliphatic carbocycles. The number of esters is 1. The molecule has 5 nitrogen and oxygen atoms in total. The Morgan fingerprint density at radius 3 is 2.30 bits per heavy atom. The number of benzene rings is 1. The maximum Gasteiger partial charge on any atom is 0.407 e. The van der Waals surface area contributed by atoms with Gasteiger partial charge in [-0.2, -0.15) is 0 Å². The molecule has 0 unspecified atom stereocenters. The van der Waals surface area contributed by atoms with Crippen molar-refractivity contribution < 1.29 is 19.1 Å². The molecule has 5 heteroatoms. The van der Waals surface area contributed by atoms with Gasteiger partial charge in [-0.1, -0.05) is 30.3 Å². The maximum absolute atomic E-state index is 11.9. The number of amides is 1. The summed E-state index contributed by atoms with van der Waals surface area (Å²) in [6.07, 6.45) is -0.529. The van der Waals surface area contributed by atoms with Crippen molar-refractivity contribution in [2.75, 3.05) is 7.11 Å². The topological polar surface area (TPSA) is 64.6 Å². The molecule has 0 aliphatic heterocycles. The highest BCUT2D eigenvalue weighted by molar-refractivity contribution is 5.73. The minimum absolute atomic E-state index is 0.0520. The molecular weight excluding hydrogens is 258 g/mol. The van der Waals surface area contributed by atoms with Crippen molar-refractivity contribution in [3.05, 3.63) is 35.9 Å². The third-order valence-corrected chi connectivity index (χ3v) is 2.47. The molecule has 0 radical (unpaired) electrons. The zero-order valence-electron chi connectivity index (χ0n) is 12.3.